The number of aromatic nitrogens is 1. The smallest absolute Gasteiger partial charge is 0.417 e. The molecule has 0 fully saturated rings. The molecule has 1 heterocycles. The zero-order valence-electron chi connectivity index (χ0n) is 18.4. The summed E-state index contributed by atoms with van der Waals surface area (Å²) in [6.07, 6.45) is -3.03. The van der Waals surface area contributed by atoms with Gasteiger partial charge in [-0.05, 0) is 48.4 Å². The van der Waals surface area contributed by atoms with E-state index in [1.807, 2.05) is 0 Å². The van der Waals surface area contributed by atoms with E-state index in [-0.39, 0.29) is 30.0 Å². The number of aliphatic carboxylic acids is 1. The third-order valence-electron chi connectivity index (χ3n) is 4.69. The van der Waals surface area contributed by atoms with Crippen LogP contribution in [0.5, 0.6) is 11.5 Å². The zero-order valence-corrected chi connectivity index (χ0v) is 19.2. The molecule has 0 aliphatic heterocycles. The minimum Gasteiger partial charge on any atom is -0.480 e. The maximum atomic E-state index is 13.0. The molecule has 0 radical (unpaired) electrons. The number of amides is 2. The predicted molar refractivity (Wildman–Crippen MR) is 124 cm³/mol. The summed E-state index contributed by atoms with van der Waals surface area (Å²) in [5, 5.41) is 12.8. The molecule has 3 aromatic rings. The monoisotopic (exact) mass is 521 g/mol. The first-order valence-corrected chi connectivity index (χ1v) is 10.8. The number of ether oxygens (including phenoxy) is 1. The predicted octanol–water partition coefficient (Wildman–Crippen LogP) is 4.93. The van der Waals surface area contributed by atoms with Crippen molar-refractivity contribution in [1.82, 2.24) is 10.3 Å². The lowest BCUT2D eigenvalue weighted by molar-refractivity contribution is -0.137. The molecule has 2 amide bonds. The Labute approximate surface area is 208 Å². The summed E-state index contributed by atoms with van der Waals surface area (Å²) in [7, 11) is 0. The van der Waals surface area contributed by atoms with Crippen molar-refractivity contribution in [1.29, 1.82) is 0 Å². The topological polar surface area (TPSA) is 118 Å². The standard InChI is InChI=1S/C24H19ClF3N3O5/c25-19-6-5-15(11-18(19)24(26,27)28)31-21(32)7-4-14-2-1-3-16(10-14)36-17-8-9-29-20(12-17)23(35)30-13-22(33)34/h1-3,5-6,8-12H,4,7,13H2,(H,30,35)(H,31,32)(H,33,34). The number of alkyl halides is 3. The Morgan fingerprint density at radius 2 is 1.78 bits per heavy atom. The SMILES string of the molecule is O=C(O)CNC(=O)c1cc(Oc2cccc(CCC(=O)Nc3ccc(Cl)c(C(F)(F)F)c3)c2)ccn1. The van der Waals surface area contributed by atoms with Crippen molar-refractivity contribution in [2.75, 3.05) is 11.9 Å². The van der Waals surface area contributed by atoms with Gasteiger partial charge in [0.2, 0.25) is 5.91 Å². The highest BCUT2D eigenvalue weighted by Crippen LogP contribution is 2.36. The normalized spacial score (nSPS) is 11.0. The molecule has 3 N–H and O–H groups in total. The van der Waals surface area contributed by atoms with Crippen molar-refractivity contribution in [3.8, 4) is 11.5 Å². The Kier molecular flexibility index (Phi) is 8.49. The third kappa shape index (κ3) is 7.70. The molecule has 12 heteroatoms. The van der Waals surface area contributed by atoms with Gasteiger partial charge in [-0.25, -0.2) is 0 Å². The molecule has 0 spiro atoms. The highest BCUT2D eigenvalue weighted by molar-refractivity contribution is 6.31. The first-order valence-electron chi connectivity index (χ1n) is 10.4. The van der Waals surface area contributed by atoms with E-state index in [4.69, 9.17) is 21.4 Å². The van der Waals surface area contributed by atoms with Crippen LogP contribution in [0.4, 0.5) is 18.9 Å². The molecule has 0 unspecified atom stereocenters. The molecular formula is C24H19ClF3N3O5. The fraction of sp³-hybridized carbons (Fsp3) is 0.167. The molecule has 3 rings (SSSR count). The Hall–Kier alpha value is -4.12. The van der Waals surface area contributed by atoms with Gasteiger partial charge < -0.3 is 20.5 Å². The number of anilines is 1. The van der Waals surface area contributed by atoms with Crippen LogP contribution in [0.15, 0.2) is 60.8 Å². The van der Waals surface area contributed by atoms with Crippen LogP contribution in [0.2, 0.25) is 5.02 Å². The summed E-state index contributed by atoms with van der Waals surface area (Å²) >= 11 is 5.59. The molecule has 188 valence electrons. The van der Waals surface area contributed by atoms with Crippen LogP contribution in [-0.4, -0.2) is 34.4 Å². The number of hydrogen-bond donors (Lipinski definition) is 3. The Balaban J connectivity index is 1.59. The number of hydrogen-bond acceptors (Lipinski definition) is 5. The number of carboxylic acid groups (broad SMARTS) is 1. The number of pyridine rings is 1. The number of carbonyl (C=O) groups is 3. The molecule has 0 saturated heterocycles. The summed E-state index contributed by atoms with van der Waals surface area (Å²) in [4.78, 5) is 38.7. The molecule has 0 saturated carbocycles. The van der Waals surface area contributed by atoms with E-state index in [1.165, 1.54) is 24.4 Å². The van der Waals surface area contributed by atoms with Crippen LogP contribution in [0, 0.1) is 0 Å². The van der Waals surface area contributed by atoms with Gasteiger partial charge in [-0.1, -0.05) is 23.7 Å². The van der Waals surface area contributed by atoms with Gasteiger partial charge >= 0.3 is 12.1 Å². The van der Waals surface area contributed by atoms with E-state index < -0.39 is 41.1 Å². The van der Waals surface area contributed by atoms with E-state index in [0.717, 1.165) is 17.7 Å². The number of nitrogens with one attached hydrogen (secondary N) is 2. The second-order valence-corrected chi connectivity index (χ2v) is 7.85. The molecule has 0 bridgehead atoms. The van der Waals surface area contributed by atoms with Crippen molar-refractivity contribution >= 4 is 35.1 Å². The molecule has 8 nitrogen and oxygen atoms in total. The lowest BCUT2D eigenvalue weighted by atomic mass is 10.1. The quantitative estimate of drug-likeness (QED) is 0.367. The van der Waals surface area contributed by atoms with Gasteiger partial charge in [0.15, 0.2) is 0 Å². The lowest BCUT2D eigenvalue weighted by Gasteiger charge is -2.12. The van der Waals surface area contributed by atoms with Gasteiger partial charge in [-0.2, -0.15) is 13.2 Å². The third-order valence-corrected chi connectivity index (χ3v) is 5.02. The average Bonchev–Trinajstić information content (AvgIpc) is 2.82. The number of carbonyl (C=O) groups excluding carboxylic acids is 2. The van der Waals surface area contributed by atoms with Crippen LogP contribution in [0.3, 0.4) is 0 Å². The second-order valence-electron chi connectivity index (χ2n) is 7.44. The summed E-state index contributed by atoms with van der Waals surface area (Å²) in [6, 6.07) is 12.8. The van der Waals surface area contributed by atoms with Gasteiger partial charge in [0.05, 0.1) is 10.6 Å². The molecule has 1 aromatic heterocycles. The van der Waals surface area contributed by atoms with Gasteiger partial charge in [0.25, 0.3) is 5.91 Å². The second kappa shape index (κ2) is 11.5. The fourth-order valence-corrected chi connectivity index (χ4v) is 3.27. The van der Waals surface area contributed by atoms with Crippen molar-refractivity contribution in [3.63, 3.8) is 0 Å². The molecule has 0 aliphatic rings. The van der Waals surface area contributed by atoms with E-state index in [1.54, 1.807) is 24.3 Å². The van der Waals surface area contributed by atoms with Crippen LogP contribution >= 0.6 is 11.6 Å². The summed E-state index contributed by atoms with van der Waals surface area (Å²) in [5.74, 6) is -1.67. The number of aryl methyl sites for hydroxylation is 1. The summed E-state index contributed by atoms with van der Waals surface area (Å²) in [6.45, 7) is -0.553. The highest BCUT2D eigenvalue weighted by Gasteiger charge is 2.33. The lowest BCUT2D eigenvalue weighted by Crippen LogP contribution is -2.29. The number of nitrogens with zero attached hydrogens (tertiary/aromatic N) is 1. The molecule has 2 aromatic carbocycles. The van der Waals surface area contributed by atoms with E-state index in [2.05, 4.69) is 15.6 Å². The number of carboxylic acids is 1. The van der Waals surface area contributed by atoms with Crippen molar-refractivity contribution in [2.45, 2.75) is 19.0 Å². The average molecular weight is 522 g/mol. The van der Waals surface area contributed by atoms with Gasteiger partial charge in [0, 0.05) is 24.4 Å². The Morgan fingerprint density at radius 1 is 1.03 bits per heavy atom. The summed E-state index contributed by atoms with van der Waals surface area (Å²) in [5.41, 5.74) is -0.360. The van der Waals surface area contributed by atoms with Crippen LogP contribution in [-0.2, 0) is 22.2 Å². The Morgan fingerprint density at radius 3 is 2.50 bits per heavy atom. The fourth-order valence-electron chi connectivity index (χ4n) is 3.05. The van der Waals surface area contributed by atoms with Crippen LogP contribution in [0.1, 0.15) is 28.0 Å². The van der Waals surface area contributed by atoms with E-state index in [9.17, 15) is 27.6 Å². The minimum atomic E-state index is -4.64. The van der Waals surface area contributed by atoms with Crippen LogP contribution < -0.4 is 15.4 Å². The molecule has 36 heavy (non-hydrogen) atoms. The first kappa shape index (κ1) is 26.5. The van der Waals surface area contributed by atoms with E-state index in [0.29, 0.717) is 5.75 Å². The Bertz CT molecular complexity index is 1280. The molecule has 0 aliphatic carbocycles. The number of halogens is 4. The maximum absolute atomic E-state index is 13.0. The first-order chi connectivity index (χ1) is 17.0. The van der Waals surface area contributed by atoms with Gasteiger partial charge in [0.1, 0.15) is 23.7 Å². The van der Waals surface area contributed by atoms with Gasteiger partial charge in [-0.15, -0.1) is 0 Å². The number of rotatable bonds is 9. The number of benzene rings is 2. The highest BCUT2D eigenvalue weighted by atomic mass is 35.5. The van der Waals surface area contributed by atoms with Crippen molar-refractivity contribution < 1.29 is 37.4 Å². The van der Waals surface area contributed by atoms with Crippen LogP contribution in [0.25, 0.3) is 0 Å². The molecule has 0 atom stereocenters. The summed E-state index contributed by atoms with van der Waals surface area (Å²) < 4.78 is 44.7. The largest absolute Gasteiger partial charge is 0.480 e. The maximum Gasteiger partial charge on any atom is 0.417 e. The molecular weight excluding hydrogens is 503 g/mol. The zero-order chi connectivity index (χ0) is 26.3. The van der Waals surface area contributed by atoms with Crippen molar-refractivity contribution in [2.24, 2.45) is 0 Å². The minimum absolute atomic E-state index is 0.00339. The van der Waals surface area contributed by atoms with E-state index >= 15 is 0 Å². The van der Waals surface area contributed by atoms with Gasteiger partial charge in [-0.3, -0.25) is 19.4 Å². The van der Waals surface area contributed by atoms with Crippen molar-refractivity contribution in [3.05, 3.63) is 82.6 Å².